The van der Waals surface area contributed by atoms with Crippen molar-refractivity contribution in [3.8, 4) is 0 Å². The SMILES string of the molecule is CC(C)Cc1cc(C(=O)NCC2(CO)CC2)cc(=O)[nH]1. The molecular formula is C15H22N2O3. The first kappa shape index (κ1) is 14.8. The fourth-order valence-electron chi connectivity index (χ4n) is 2.22. The van der Waals surface area contributed by atoms with E-state index in [9.17, 15) is 14.7 Å². The highest BCUT2D eigenvalue weighted by molar-refractivity contribution is 5.94. The summed E-state index contributed by atoms with van der Waals surface area (Å²) in [6.07, 6.45) is 2.62. The van der Waals surface area contributed by atoms with Crippen LogP contribution >= 0.6 is 0 Å². The van der Waals surface area contributed by atoms with Gasteiger partial charge in [0.2, 0.25) is 5.56 Å². The van der Waals surface area contributed by atoms with Crippen molar-refractivity contribution in [2.75, 3.05) is 13.2 Å². The molecule has 1 saturated carbocycles. The van der Waals surface area contributed by atoms with Crippen LogP contribution in [0.3, 0.4) is 0 Å². The van der Waals surface area contributed by atoms with Crippen LogP contribution in [0, 0.1) is 11.3 Å². The predicted octanol–water partition coefficient (Wildman–Crippen LogP) is 1.08. The van der Waals surface area contributed by atoms with E-state index in [4.69, 9.17) is 0 Å². The highest BCUT2D eigenvalue weighted by Crippen LogP contribution is 2.44. The lowest BCUT2D eigenvalue weighted by Gasteiger charge is -2.13. The summed E-state index contributed by atoms with van der Waals surface area (Å²) in [6, 6.07) is 3.05. The number of aromatic amines is 1. The average Bonchev–Trinajstić information content (AvgIpc) is 3.15. The molecule has 3 N–H and O–H groups in total. The predicted molar refractivity (Wildman–Crippen MR) is 76.7 cm³/mol. The molecule has 1 amide bonds. The van der Waals surface area contributed by atoms with Crippen molar-refractivity contribution in [3.05, 3.63) is 33.7 Å². The number of pyridine rings is 1. The van der Waals surface area contributed by atoms with Gasteiger partial charge in [0.25, 0.3) is 5.91 Å². The van der Waals surface area contributed by atoms with Gasteiger partial charge in [-0.25, -0.2) is 0 Å². The third kappa shape index (κ3) is 3.70. The molecule has 2 rings (SSSR count). The summed E-state index contributed by atoms with van der Waals surface area (Å²) in [4.78, 5) is 26.4. The van der Waals surface area contributed by atoms with Crippen LogP contribution in [0.25, 0.3) is 0 Å². The highest BCUT2D eigenvalue weighted by Gasteiger charge is 2.42. The van der Waals surface area contributed by atoms with E-state index in [0.717, 1.165) is 25.0 Å². The third-order valence-electron chi connectivity index (χ3n) is 3.71. The monoisotopic (exact) mass is 278 g/mol. The second kappa shape index (κ2) is 5.79. The van der Waals surface area contributed by atoms with Crippen molar-refractivity contribution < 1.29 is 9.90 Å². The molecule has 1 aliphatic carbocycles. The number of nitrogens with one attached hydrogen (secondary N) is 2. The summed E-state index contributed by atoms with van der Waals surface area (Å²) in [5.41, 5.74) is 0.785. The zero-order valence-corrected chi connectivity index (χ0v) is 12.0. The molecule has 20 heavy (non-hydrogen) atoms. The summed E-state index contributed by atoms with van der Waals surface area (Å²) in [5, 5.41) is 12.0. The molecule has 0 atom stereocenters. The second-order valence-corrected chi connectivity index (χ2v) is 6.20. The lowest BCUT2D eigenvalue weighted by molar-refractivity contribution is 0.0935. The first-order valence-electron chi connectivity index (χ1n) is 7.06. The fraction of sp³-hybridized carbons (Fsp3) is 0.600. The molecular weight excluding hydrogens is 256 g/mol. The Bertz CT molecular complexity index is 544. The number of aliphatic hydroxyl groups is 1. The van der Waals surface area contributed by atoms with Gasteiger partial charge in [-0.1, -0.05) is 13.8 Å². The van der Waals surface area contributed by atoms with Crippen molar-refractivity contribution in [3.63, 3.8) is 0 Å². The van der Waals surface area contributed by atoms with Crippen LogP contribution in [0.15, 0.2) is 16.9 Å². The first-order chi connectivity index (χ1) is 9.44. The zero-order chi connectivity index (χ0) is 14.8. The maximum Gasteiger partial charge on any atom is 0.251 e. The molecule has 0 spiro atoms. The molecule has 0 unspecified atom stereocenters. The smallest absolute Gasteiger partial charge is 0.251 e. The number of hydrogen-bond acceptors (Lipinski definition) is 3. The zero-order valence-electron chi connectivity index (χ0n) is 12.0. The summed E-state index contributed by atoms with van der Waals surface area (Å²) in [6.45, 7) is 4.68. The molecule has 1 aromatic heterocycles. The van der Waals surface area contributed by atoms with Gasteiger partial charge >= 0.3 is 0 Å². The normalized spacial score (nSPS) is 16.2. The van der Waals surface area contributed by atoms with E-state index < -0.39 is 0 Å². The molecule has 0 bridgehead atoms. The summed E-state index contributed by atoms with van der Waals surface area (Å²) < 4.78 is 0. The summed E-state index contributed by atoms with van der Waals surface area (Å²) >= 11 is 0. The van der Waals surface area contributed by atoms with Crippen LogP contribution in [-0.2, 0) is 6.42 Å². The Morgan fingerprint density at radius 1 is 1.45 bits per heavy atom. The lowest BCUT2D eigenvalue weighted by Crippen LogP contribution is -2.32. The van der Waals surface area contributed by atoms with Crippen LogP contribution in [0.4, 0.5) is 0 Å². The third-order valence-corrected chi connectivity index (χ3v) is 3.71. The average molecular weight is 278 g/mol. The van der Waals surface area contributed by atoms with Crippen LogP contribution in [0.2, 0.25) is 0 Å². The van der Waals surface area contributed by atoms with Gasteiger partial charge in [-0.15, -0.1) is 0 Å². The van der Waals surface area contributed by atoms with Gasteiger partial charge in [0.1, 0.15) is 0 Å². The van der Waals surface area contributed by atoms with Crippen LogP contribution in [-0.4, -0.2) is 29.1 Å². The van der Waals surface area contributed by atoms with Gasteiger partial charge < -0.3 is 15.4 Å². The number of aliphatic hydroxyl groups excluding tert-OH is 1. The highest BCUT2D eigenvalue weighted by atomic mass is 16.3. The molecule has 0 saturated heterocycles. The Labute approximate surface area is 118 Å². The summed E-state index contributed by atoms with van der Waals surface area (Å²) in [7, 11) is 0. The molecule has 1 fully saturated rings. The van der Waals surface area contributed by atoms with Gasteiger partial charge in [0, 0.05) is 29.3 Å². The maximum atomic E-state index is 12.1. The second-order valence-electron chi connectivity index (χ2n) is 6.20. The molecule has 5 heteroatoms. The molecule has 1 aromatic rings. The van der Waals surface area contributed by atoms with Crippen LogP contribution in [0.5, 0.6) is 0 Å². The number of H-pyrrole nitrogens is 1. The Morgan fingerprint density at radius 3 is 2.70 bits per heavy atom. The van der Waals surface area contributed by atoms with Crippen molar-refractivity contribution >= 4 is 5.91 Å². The lowest BCUT2D eigenvalue weighted by atomic mass is 10.1. The van der Waals surface area contributed by atoms with E-state index in [-0.39, 0.29) is 23.5 Å². The number of amides is 1. The van der Waals surface area contributed by atoms with Gasteiger partial charge in [-0.05, 0) is 31.2 Å². The number of rotatable bonds is 6. The van der Waals surface area contributed by atoms with E-state index in [2.05, 4.69) is 24.1 Å². The minimum Gasteiger partial charge on any atom is -0.396 e. The molecule has 0 radical (unpaired) electrons. The molecule has 110 valence electrons. The first-order valence-corrected chi connectivity index (χ1v) is 7.06. The van der Waals surface area contributed by atoms with Crippen molar-refractivity contribution in [1.29, 1.82) is 0 Å². The van der Waals surface area contributed by atoms with E-state index in [0.29, 0.717) is 18.0 Å². The largest absolute Gasteiger partial charge is 0.396 e. The van der Waals surface area contributed by atoms with Gasteiger partial charge in [-0.2, -0.15) is 0 Å². The number of carbonyl (C=O) groups excluding carboxylic acids is 1. The Balaban J connectivity index is 2.05. The topological polar surface area (TPSA) is 82.2 Å². The van der Waals surface area contributed by atoms with Gasteiger partial charge in [0.05, 0.1) is 6.61 Å². The Hall–Kier alpha value is -1.62. The van der Waals surface area contributed by atoms with E-state index in [1.165, 1.54) is 6.07 Å². The van der Waals surface area contributed by atoms with Crippen LogP contribution in [0.1, 0.15) is 42.7 Å². The molecule has 0 aliphatic heterocycles. The minimum absolute atomic E-state index is 0.0985. The number of aromatic nitrogens is 1. The van der Waals surface area contributed by atoms with Crippen molar-refractivity contribution in [2.45, 2.75) is 33.1 Å². The molecule has 5 nitrogen and oxygen atoms in total. The van der Waals surface area contributed by atoms with Crippen molar-refractivity contribution in [1.82, 2.24) is 10.3 Å². The molecule has 0 aromatic carbocycles. The van der Waals surface area contributed by atoms with Crippen molar-refractivity contribution in [2.24, 2.45) is 11.3 Å². The minimum atomic E-state index is -0.253. The standard InChI is InChI=1S/C15H22N2O3/c1-10(2)5-12-6-11(7-13(19)17-12)14(20)16-8-15(9-18)3-4-15/h6-7,10,18H,3-5,8-9H2,1-2H3,(H,16,20)(H,17,19). The Morgan fingerprint density at radius 2 is 2.15 bits per heavy atom. The molecule has 1 aliphatic rings. The fourth-order valence-corrected chi connectivity index (χ4v) is 2.22. The molecule has 1 heterocycles. The maximum absolute atomic E-state index is 12.1. The van der Waals surface area contributed by atoms with Gasteiger partial charge in [-0.3, -0.25) is 9.59 Å². The quantitative estimate of drug-likeness (QED) is 0.728. The van der Waals surface area contributed by atoms with E-state index >= 15 is 0 Å². The van der Waals surface area contributed by atoms with E-state index in [1.807, 2.05) is 0 Å². The van der Waals surface area contributed by atoms with E-state index in [1.54, 1.807) is 6.07 Å². The number of carbonyl (C=O) groups is 1. The Kier molecular flexibility index (Phi) is 4.28. The van der Waals surface area contributed by atoms with Gasteiger partial charge in [0.15, 0.2) is 0 Å². The number of hydrogen-bond donors (Lipinski definition) is 3. The summed E-state index contributed by atoms with van der Waals surface area (Å²) in [5.74, 6) is 0.161. The van der Waals surface area contributed by atoms with Crippen LogP contribution < -0.4 is 10.9 Å².